The van der Waals surface area contributed by atoms with Crippen molar-refractivity contribution in [3.63, 3.8) is 0 Å². The number of methoxy groups -OCH3 is 1. The standard InChI is InChI=1S/C39H42ClN5O7/c1-39(2)18-29-35(32(47)19-39)37(26-13-12-25(17-27(26)40)52-21-23-8-5-4-6-9-23)45(30-10-7-11-31(46)36(30)44-29)34(49)15-14-33(48)43-28(38(50)51-3)16-24-20-41-22-42-24/h4-6,8-10,12-13,17,20,22,28,37,44,46H,7,11,14-16,18-19,21H2,1-3H3,(H,41,42)(H,43,48)/t28-,37?/m1/s1. The molecule has 4 N–H and O–H groups in total. The fraction of sp³-hybridized carbons (Fsp3) is 0.359. The van der Waals surface area contributed by atoms with Crippen LogP contribution in [-0.2, 0) is 36.9 Å². The quantitative estimate of drug-likeness (QED) is 0.177. The van der Waals surface area contributed by atoms with E-state index in [1.807, 2.05) is 50.3 Å². The van der Waals surface area contributed by atoms with Crippen LogP contribution in [0.25, 0.3) is 0 Å². The Morgan fingerprint density at radius 2 is 1.92 bits per heavy atom. The number of aliphatic hydroxyl groups excluding tert-OH is 1. The Bertz CT molecular complexity index is 1950. The Labute approximate surface area is 306 Å². The molecule has 12 nitrogen and oxygen atoms in total. The fourth-order valence-corrected chi connectivity index (χ4v) is 7.22. The molecule has 272 valence electrons. The molecular formula is C39H42ClN5O7. The van der Waals surface area contributed by atoms with Gasteiger partial charge >= 0.3 is 5.97 Å². The summed E-state index contributed by atoms with van der Waals surface area (Å²) in [6.07, 6.45) is 5.99. The molecule has 3 aliphatic rings. The van der Waals surface area contributed by atoms with Crippen molar-refractivity contribution in [3.8, 4) is 5.75 Å². The van der Waals surface area contributed by atoms with Gasteiger partial charge in [-0.05, 0) is 41.5 Å². The Morgan fingerprint density at radius 3 is 2.63 bits per heavy atom. The molecule has 1 aliphatic heterocycles. The Balaban J connectivity index is 1.34. The fourth-order valence-electron chi connectivity index (χ4n) is 6.95. The minimum Gasteiger partial charge on any atom is -0.510 e. The second-order valence-electron chi connectivity index (χ2n) is 13.9. The van der Waals surface area contributed by atoms with Gasteiger partial charge in [0, 0.05) is 54.6 Å². The first-order chi connectivity index (χ1) is 24.9. The number of aromatic nitrogens is 2. The highest BCUT2D eigenvalue weighted by atomic mass is 35.5. The second-order valence-corrected chi connectivity index (χ2v) is 14.3. The van der Waals surface area contributed by atoms with Gasteiger partial charge in [0.1, 0.15) is 29.9 Å². The van der Waals surface area contributed by atoms with Gasteiger partial charge in [-0.15, -0.1) is 0 Å². The number of hydrogen-bond donors (Lipinski definition) is 4. The first kappa shape index (κ1) is 36.4. The molecule has 6 rings (SSSR count). The molecule has 0 bridgehead atoms. The minimum atomic E-state index is -1.02. The normalized spacial score (nSPS) is 18.7. The predicted octanol–water partition coefficient (Wildman–Crippen LogP) is 5.89. The summed E-state index contributed by atoms with van der Waals surface area (Å²) >= 11 is 7.02. The number of imidazole rings is 1. The van der Waals surface area contributed by atoms with Crippen LogP contribution in [0.1, 0.15) is 75.2 Å². The van der Waals surface area contributed by atoms with E-state index in [9.17, 15) is 24.3 Å². The van der Waals surface area contributed by atoms with Crippen molar-refractivity contribution in [2.75, 3.05) is 7.11 Å². The summed E-state index contributed by atoms with van der Waals surface area (Å²) in [5.74, 6) is -1.26. The lowest BCUT2D eigenvalue weighted by atomic mass is 9.73. The van der Waals surface area contributed by atoms with E-state index in [1.165, 1.54) is 18.3 Å². The molecule has 2 aromatic carbocycles. The second kappa shape index (κ2) is 15.5. The highest BCUT2D eigenvalue weighted by Crippen LogP contribution is 2.49. The average molecular weight is 728 g/mol. The van der Waals surface area contributed by atoms with Crippen LogP contribution in [0.15, 0.2) is 95.6 Å². The number of fused-ring (bicyclic) bond motifs is 1. The maximum absolute atomic E-state index is 14.5. The molecule has 2 atom stereocenters. The Morgan fingerprint density at radius 1 is 1.13 bits per heavy atom. The number of carbonyl (C=O) groups is 4. The summed E-state index contributed by atoms with van der Waals surface area (Å²) in [6, 6.07) is 12.9. The lowest BCUT2D eigenvalue weighted by molar-refractivity contribution is -0.145. The molecule has 2 amide bonds. The zero-order chi connectivity index (χ0) is 37.0. The molecule has 52 heavy (non-hydrogen) atoms. The summed E-state index contributed by atoms with van der Waals surface area (Å²) in [7, 11) is 1.23. The topological polar surface area (TPSA) is 163 Å². The summed E-state index contributed by atoms with van der Waals surface area (Å²) < 4.78 is 10.9. The van der Waals surface area contributed by atoms with Crippen molar-refractivity contribution >= 4 is 35.2 Å². The molecule has 2 aliphatic carbocycles. The largest absolute Gasteiger partial charge is 0.510 e. The number of amides is 2. The van der Waals surface area contributed by atoms with Crippen LogP contribution in [-0.4, -0.2) is 56.7 Å². The minimum absolute atomic E-state index is 0.0615. The number of aromatic amines is 1. The van der Waals surface area contributed by atoms with Gasteiger partial charge < -0.3 is 30.2 Å². The number of esters is 1. The van der Waals surface area contributed by atoms with Gasteiger partial charge in [-0.25, -0.2) is 9.78 Å². The molecule has 13 heteroatoms. The highest BCUT2D eigenvalue weighted by Gasteiger charge is 2.45. The summed E-state index contributed by atoms with van der Waals surface area (Å²) in [4.78, 5) is 62.9. The lowest BCUT2D eigenvalue weighted by Crippen LogP contribution is -2.44. The smallest absolute Gasteiger partial charge is 0.328 e. The van der Waals surface area contributed by atoms with Crippen LogP contribution in [0.3, 0.4) is 0 Å². The lowest BCUT2D eigenvalue weighted by Gasteiger charge is -2.37. The van der Waals surface area contributed by atoms with Crippen molar-refractivity contribution in [1.82, 2.24) is 25.5 Å². The number of allylic oxidation sites excluding steroid dienone is 3. The third kappa shape index (κ3) is 8.07. The highest BCUT2D eigenvalue weighted by molar-refractivity contribution is 6.31. The number of carbonyl (C=O) groups excluding carboxylic acids is 4. The van der Waals surface area contributed by atoms with Crippen molar-refractivity contribution in [1.29, 1.82) is 0 Å². The van der Waals surface area contributed by atoms with Gasteiger partial charge in [0.2, 0.25) is 11.8 Å². The number of Topliss-reactive ketones (excluding diaryl/α,β-unsaturated/α-hetero) is 1. The molecule has 0 radical (unpaired) electrons. The number of nitrogens with zero attached hydrogens (tertiary/aromatic N) is 2. The van der Waals surface area contributed by atoms with Gasteiger partial charge in [-0.3, -0.25) is 19.3 Å². The van der Waals surface area contributed by atoms with Crippen LogP contribution < -0.4 is 15.4 Å². The molecular weight excluding hydrogens is 686 g/mol. The Kier molecular flexibility index (Phi) is 10.8. The number of nitrogens with one attached hydrogen (secondary N) is 3. The van der Waals surface area contributed by atoms with E-state index >= 15 is 0 Å². The van der Waals surface area contributed by atoms with Gasteiger partial charge in [0.15, 0.2) is 5.78 Å². The maximum atomic E-state index is 14.5. The number of H-pyrrole nitrogens is 1. The van der Waals surface area contributed by atoms with Crippen LogP contribution >= 0.6 is 11.6 Å². The molecule has 0 saturated heterocycles. The van der Waals surface area contributed by atoms with Crippen LogP contribution in [0, 0.1) is 5.41 Å². The third-order valence-electron chi connectivity index (χ3n) is 9.39. The average Bonchev–Trinajstić information content (AvgIpc) is 3.58. The van der Waals surface area contributed by atoms with E-state index < -0.39 is 29.9 Å². The zero-order valence-electron chi connectivity index (χ0n) is 29.3. The van der Waals surface area contributed by atoms with Crippen molar-refractivity contribution in [3.05, 3.63) is 117 Å². The van der Waals surface area contributed by atoms with Gasteiger partial charge in [-0.1, -0.05) is 67.9 Å². The molecule has 2 heterocycles. The molecule has 3 aromatic rings. The van der Waals surface area contributed by atoms with Crippen molar-refractivity contribution in [2.45, 2.75) is 77.5 Å². The first-order valence-corrected chi connectivity index (χ1v) is 17.6. The number of benzene rings is 2. The summed E-state index contributed by atoms with van der Waals surface area (Å²) in [5.41, 5.74) is 3.35. The summed E-state index contributed by atoms with van der Waals surface area (Å²) in [6.45, 7) is 4.32. The first-order valence-electron chi connectivity index (χ1n) is 17.2. The number of ether oxygens (including phenoxy) is 2. The van der Waals surface area contributed by atoms with E-state index in [4.69, 9.17) is 21.1 Å². The molecule has 0 saturated carbocycles. The Hall–Kier alpha value is -5.36. The van der Waals surface area contributed by atoms with Gasteiger partial charge in [-0.2, -0.15) is 0 Å². The van der Waals surface area contributed by atoms with Gasteiger partial charge in [0.25, 0.3) is 0 Å². The van der Waals surface area contributed by atoms with E-state index in [-0.39, 0.29) is 47.7 Å². The van der Waals surface area contributed by atoms with E-state index in [0.717, 1.165) is 5.56 Å². The number of aliphatic hydroxyl groups is 1. The molecule has 1 aromatic heterocycles. The maximum Gasteiger partial charge on any atom is 0.328 e. The van der Waals surface area contributed by atoms with Crippen molar-refractivity contribution in [2.24, 2.45) is 5.41 Å². The van der Waals surface area contributed by atoms with Crippen molar-refractivity contribution < 1.29 is 33.8 Å². The number of rotatable bonds is 11. The van der Waals surface area contributed by atoms with E-state index in [0.29, 0.717) is 65.5 Å². The van der Waals surface area contributed by atoms with Crippen LogP contribution in [0.5, 0.6) is 5.75 Å². The number of hydrogen-bond acceptors (Lipinski definition) is 9. The monoisotopic (exact) mass is 727 g/mol. The third-order valence-corrected chi connectivity index (χ3v) is 9.72. The zero-order valence-corrected chi connectivity index (χ0v) is 30.1. The van der Waals surface area contributed by atoms with E-state index in [2.05, 4.69) is 20.6 Å². The molecule has 0 fully saturated rings. The van der Waals surface area contributed by atoms with Gasteiger partial charge in [0.05, 0.1) is 30.9 Å². The number of ketones is 1. The number of halogens is 1. The van der Waals surface area contributed by atoms with E-state index in [1.54, 1.807) is 24.4 Å². The summed E-state index contributed by atoms with van der Waals surface area (Å²) in [5, 5.41) is 17.5. The molecule has 0 spiro atoms. The predicted molar refractivity (Wildman–Crippen MR) is 192 cm³/mol. The SMILES string of the molecule is COC(=O)[C@@H](Cc1c[nH]cn1)NC(=O)CCC(=O)N1C2=CCCC(O)=C2NC2=C(C(=O)CC(C)(C)C2)C1c1ccc(OCc2ccccc2)cc1Cl. The molecule has 1 unspecified atom stereocenters. The van der Waals surface area contributed by atoms with Crippen LogP contribution in [0.2, 0.25) is 5.02 Å². The van der Waals surface area contributed by atoms with Crippen LogP contribution in [0.4, 0.5) is 0 Å².